The smallest absolute Gasteiger partial charge is 0.204 e. The largest absolute Gasteiger partial charge is 0.469 e. The predicted octanol–water partition coefficient (Wildman–Crippen LogP) is 4.89. The lowest BCUT2D eigenvalue weighted by molar-refractivity contribution is 0.512. The molecular formula is C22H23N3O. The third kappa shape index (κ3) is 3.49. The summed E-state index contributed by atoms with van der Waals surface area (Å²) in [5.74, 6) is 1.89. The molecule has 4 aromatic rings. The lowest BCUT2D eigenvalue weighted by Crippen LogP contribution is -2.11. The van der Waals surface area contributed by atoms with Gasteiger partial charge in [0.1, 0.15) is 5.76 Å². The van der Waals surface area contributed by atoms with Crippen molar-refractivity contribution in [3.8, 4) is 0 Å². The first-order valence-corrected chi connectivity index (χ1v) is 9.13. The molecule has 0 fully saturated rings. The number of anilines is 1. The Balaban J connectivity index is 1.63. The molecule has 1 N–H and O–H groups in total. The number of imidazole rings is 1. The average Bonchev–Trinajstić information content (AvgIpc) is 3.31. The summed E-state index contributed by atoms with van der Waals surface area (Å²) in [7, 11) is 0. The highest BCUT2D eigenvalue weighted by Gasteiger charge is 2.11. The zero-order valence-electron chi connectivity index (χ0n) is 15.0. The van der Waals surface area contributed by atoms with Crippen LogP contribution in [-0.4, -0.2) is 16.1 Å². The Morgan fingerprint density at radius 2 is 1.88 bits per heavy atom. The molecule has 0 bridgehead atoms. The molecule has 4 rings (SSSR count). The van der Waals surface area contributed by atoms with Gasteiger partial charge in [-0.05, 0) is 41.8 Å². The first-order valence-electron chi connectivity index (χ1n) is 9.13. The van der Waals surface area contributed by atoms with E-state index in [2.05, 4.69) is 59.3 Å². The number of hydrogen-bond acceptors (Lipinski definition) is 3. The van der Waals surface area contributed by atoms with Gasteiger partial charge in [-0.3, -0.25) is 0 Å². The van der Waals surface area contributed by atoms with Crippen molar-refractivity contribution in [1.29, 1.82) is 0 Å². The molecule has 0 saturated heterocycles. The molecule has 0 saturated carbocycles. The third-order valence-electron chi connectivity index (χ3n) is 4.64. The molecule has 0 aliphatic rings. The van der Waals surface area contributed by atoms with Crippen LogP contribution in [0.1, 0.15) is 23.8 Å². The van der Waals surface area contributed by atoms with E-state index in [9.17, 15) is 0 Å². The molecule has 2 heterocycles. The molecule has 26 heavy (non-hydrogen) atoms. The number of rotatable bonds is 7. The Morgan fingerprint density at radius 3 is 2.65 bits per heavy atom. The number of fused-ring (bicyclic) bond motifs is 1. The summed E-state index contributed by atoms with van der Waals surface area (Å²) in [6.45, 7) is 3.75. The van der Waals surface area contributed by atoms with Gasteiger partial charge in [-0.1, -0.05) is 43.3 Å². The van der Waals surface area contributed by atoms with Gasteiger partial charge in [-0.2, -0.15) is 0 Å². The lowest BCUT2D eigenvalue weighted by atomic mass is 10.1. The zero-order chi connectivity index (χ0) is 17.8. The summed E-state index contributed by atoms with van der Waals surface area (Å²) in [4.78, 5) is 4.86. The quantitative estimate of drug-likeness (QED) is 0.518. The standard InChI is InChI=1S/C22H23N3O/c1-2-17-10-11-21-20(15-17)24-22(23-13-12-19-9-6-14-26-19)25(21)16-18-7-4-3-5-8-18/h3-11,14-15H,2,12-13,16H2,1H3,(H,23,24). The molecule has 0 radical (unpaired) electrons. The number of nitrogens with one attached hydrogen (secondary N) is 1. The lowest BCUT2D eigenvalue weighted by Gasteiger charge is -2.11. The fraction of sp³-hybridized carbons (Fsp3) is 0.227. The van der Waals surface area contributed by atoms with Crippen molar-refractivity contribution in [3.05, 3.63) is 83.8 Å². The van der Waals surface area contributed by atoms with E-state index in [1.807, 2.05) is 18.2 Å². The Morgan fingerprint density at radius 1 is 1.00 bits per heavy atom. The predicted molar refractivity (Wildman–Crippen MR) is 106 cm³/mol. The van der Waals surface area contributed by atoms with Crippen LogP contribution in [0.25, 0.3) is 11.0 Å². The van der Waals surface area contributed by atoms with E-state index in [1.165, 1.54) is 11.1 Å². The molecule has 0 atom stereocenters. The van der Waals surface area contributed by atoms with Crippen molar-refractivity contribution < 1.29 is 4.42 Å². The van der Waals surface area contributed by atoms with Crippen LogP contribution in [-0.2, 0) is 19.4 Å². The van der Waals surface area contributed by atoms with Crippen molar-refractivity contribution in [1.82, 2.24) is 9.55 Å². The van der Waals surface area contributed by atoms with Crippen LogP contribution < -0.4 is 5.32 Å². The molecule has 0 amide bonds. The molecule has 0 aliphatic carbocycles. The van der Waals surface area contributed by atoms with E-state index >= 15 is 0 Å². The Labute approximate surface area is 153 Å². The van der Waals surface area contributed by atoms with Gasteiger partial charge in [0.05, 0.1) is 23.8 Å². The van der Waals surface area contributed by atoms with Crippen LogP contribution in [0.4, 0.5) is 5.95 Å². The van der Waals surface area contributed by atoms with Crippen molar-refractivity contribution in [2.45, 2.75) is 26.3 Å². The van der Waals surface area contributed by atoms with E-state index in [0.29, 0.717) is 0 Å². The number of furan rings is 1. The second-order valence-corrected chi connectivity index (χ2v) is 6.44. The van der Waals surface area contributed by atoms with Crippen LogP contribution in [0.3, 0.4) is 0 Å². The Kier molecular flexibility index (Phi) is 4.73. The average molecular weight is 345 g/mol. The van der Waals surface area contributed by atoms with Crippen LogP contribution in [0.15, 0.2) is 71.3 Å². The molecule has 0 spiro atoms. The van der Waals surface area contributed by atoms with Gasteiger partial charge < -0.3 is 14.3 Å². The van der Waals surface area contributed by atoms with Crippen molar-refractivity contribution in [3.63, 3.8) is 0 Å². The van der Waals surface area contributed by atoms with Crippen molar-refractivity contribution in [2.24, 2.45) is 0 Å². The Bertz CT molecular complexity index is 971. The molecule has 4 nitrogen and oxygen atoms in total. The summed E-state index contributed by atoms with van der Waals surface area (Å²) < 4.78 is 7.68. The molecule has 0 aliphatic heterocycles. The highest BCUT2D eigenvalue weighted by Crippen LogP contribution is 2.23. The van der Waals surface area contributed by atoms with Gasteiger partial charge in [0, 0.05) is 13.0 Å². The van der Waals surface area contributed by atoms with Gasteiger partial charge in [0.2, 0.25) is 5.95 Å². The Hall–Kier alpha value is -3.01. The van der Waals surface area contributed by atoms with Gasteiger partial charge in [-0.25, -0.2) is 4.98 Å². The summed E-state index contributed by atoms with van der Waals surface area (Å²) >= 11 is 0. The van der Waals surface area contributed by atoms with E-state index in [1.54, 1.807) is 6.26 Å². The van der Waals surface area contributed by atoms with Crippen LogP contribution in [0.2, 0.25) is 0 Å². The monoisotopic (exact) mass is 345 g/mol. The number of benzene rings is 2. The van der Waals surface area contributed by atoms with E-state index < -0.39 is 0 Å². The van der Waals surface area contributed by atoms with E-state index in [4.69, 9.17) is 9.40 Å². The second-order valence-electron chi connectivity index (χ2n) is 6.44. The SMILES string of the molecule is CCc1ccc2c(c1)nc(NCCc1ccco1)n2Cc1ccccc1. The van der Waals surface area contributed by atoms with Gasteiger partial charge in [-0.15, -0.1) is 0 Å². The van der Waals surface area contributed by atoms with E-state index in [0.717, 1.165) is 48.7 Å². The van der Waals surface area contributed by atoms with Crippen molar-refractivity contribution >= 4 is 17.0 Å². The second kappa shape index (κ2) is 7.48. The summed E-state index contributed by atoms with van der Waals surface area (Å²) in [6, 6.07) is 21.0. The highest BCUT2D eigenvalue weighted by molar-refractivity contribution is 5.79. The molecule has 0 unspecified atom stereocenters. The van der Waals surface area contributed by atoms with Crippen LogP contribution in [0.5, 0.6) is 0 Å². The molecule has 132 valence electrons. The first-order chi connectivity index (χ1) is 12.8. The zero-order valence-corrected chi connectivity index (χ0v) is 15.0. The van der Waals surface area contributed by atoms with Crippen LogP contribution in [0, 0.1) is 0 Å². The number of aromatic nitrogens is 2. The fourth-order valence-corrected chi connectivity index (χ4v) is 3.21. The molecule has 2 aromatic carbocycles. The van der Waals surface area contributed by atoms with Gasteiger partial charge >= 0.3 is 0 Å². The molecule has 2 aromatic heterocycles. The van der Waals surface area contributed by atoms with E-state index in [-0.39, 0.29) is 0 Å². The summed E-state index contributed by atoms with van der Waals surface area (Å²) in [5.41, 5.74) is 4.77. The van der Waals surface area contributed by atoms with Gasteiger partial charge in [0.25, 0.3) is 0 Å². The topological polar surface area (TPSA) is 43.0 Å². The maximum absolute atomic E-state index is 5.42. The minimum Gasteiger partial charge on any atom is -0.469 e. The summed E-state index contributed by atoms with van der Waals surface area (Å²) in [5, 5.41) is 3.49. The third-order valence-corrected chi connectivity index (χ3v) is 4.64. The summed E-state index contributed by atoms with van der Waals surface area (Å²) in [6.07, 6.45) is 3.57. The highest BCUT2D eigenvalue weighted by atomic mass is 16.3. The minimum atomic E-state index is 0.784. The fourth-order valence-electron chi connectivity index (χ4n) is 3.21. The molecule has 4 heteroatoms. The normalized spacial score (nSPS) is 11.1. The first kappa shape index (κ1) is 16.5. The maximum atomic E-state index is 5.42. The number of aryl methyl sites for hydroxylation is 1. The van der Waals surface area contributed by atoms with Gasteiger partial charge in [0.15, 0.2) is 0 Å². The number of nitrogens with zero attached hydrogens (tertiary/aromatic N) is 2. The molecular weight excluding hydrogens is 322 g/mol. The van der Waals surface area contributed by atoms with Crippen molar-refractivity contribution in [2.75, 3.05) is 11.9 Å². The maximum Gasteiger partial charge on any atom is 0.204 e. The van der Waals surface area contributed by atoms with Crippen LogP contribution >= 0.6 is 0 Å². The number of hydrogen-bond donors (Lipinski definition) is 1. The minimum absolute atomic E-state index is 0.784.